The molecule has 1 aliphatic rings. The minimum Gasteiger partial charge on any atom is -0.249 e. The summed E-state index contributed by atoms with van der Waals surface area (Å²) in [6.45, 7) is 9.02. The van der Waals surface area contributed by atoms with Crippen molar-refractivity contribution in [1.82, 2.24) is 15.0 Å². The van der Waals surface area contributed by atoms with Crippen LogP contribution in [-0.2, 0) is 0 Å². The second kappa shape index (κ2) is 3.62. The molecule has 1 atom stereocenters. The van der Waals surface area contributed by atoms with Crippen LogP contribution in [0.15, 0.2) is 6.20 Å². The van der Waals surface area contributed by atoms with Gasteiger partial charge in [-0.1, -0.05) is 26.0 Å². The predicted octanol–water partition coefficient (Wildman–Crippen LogP) is 3.15. The fraction of sp³-hybridized carbons (Fsp3) is 0.833. The summed E-state index contributed by atoms with van der Waals surface area (Å²) in [5.74, 6) is 0.709. The summed E-state index contributed by atoms with van der Waals surface area (Å²) in [7, 11) is 0. The van der Waals surface area contributed by atoms with Crippen molar-refractivity contribution in [3.05, 3.63) is 11.9 Å². The highest BCUT2D eigenvalue weighted by Gasteiger charge is 2.27. The Morgan fingerprint density at radius 3 is 2.67 bits per heavy atom. The van der Waals surface area contributed by atoms with Crippen LogP contribution in [0.2, 0.25) is 0 Å². The van der Waals surface area contributed by atoms with Crippen molar-refractivity contribution in [3.63, 3.8) is 0 Å². The van der Waals surface area contributed by atoms with Gasteiger partial charge in [0.25, 0.3) is 0 Å². The molecule has 0 saturated heterocycles. The van der Waals surface area contributed by atoms with Crippen LogP contribution in [0, 0.1) is 5.41 Å². The Hall–Kier alpha value is -0.860. The minimum atomic E-state index is 0.352. The molecule has 84 valence electrons. The van der Waals surface area contributed by atoms with E-state index in [0.29, 0.717) is 17.4 Å². The summed E-state index contributed by atoms with van der Waals surface area (Å²) in [6.07, 6.45) is 5.87. The van der Waals surface area contributed by atoms with Gasteiger partial charge in [-0.15, -0.1) is 5.10 Å². The van der Waals surface area contributed by atoms with Crippen LogP contribution >= 0.6 is 0 Å². The Morgan fingerprint density at radius 2 is 2.13 bits per heavy atom. The molecule has 3 heteroatoms. The van der Waals surface area contributed by atoms with Gasteiger partial charge in [-0.05, 0) is 31.6 Å². The predicted molar refractivity (Wildman–Crippen MR) is 60.8 cm³/mol. The van der Waals surface area contributed by atoms with Gasteiger partial charge in [0.2, 0.25) is 0 Å². The smallest absolute Gasteiger partial charge is 0.0858 e. The number of nitrogens with zero attached hydrogens (tertiary/aromatic N) is 3. The van der Waals surface area contributed by atoms with Gasteiger partial charge in [0, 0.05) is 12.1 Å². The van der Waals surface area contributed by atoms with Crippen molar-refractivity contribution in [3.8, 4) is 0 Å². The van der Waals surface area contributed by atoms with E-state index < -0.39 is 0 Å². The largest absolute Gasteiger partial charge is 0.249 e. The van der Waals surface area contributed by atoms with E-state index in [1.54, 1.807) is 0 Å². The SMILES string of the molecule is CC(CC(C)(C)C)n1cc(C2CC2)nn1. The summed E-state index contributed by atoms with van der Waals surface area (Å²) < 4.78 is 2.03. The average molecular weight is 207 g/mol. The van der Waals surface area contributed by atoms with Crippen molar-refractivity contribution in [2.75, 3.05) is 0 Å². The van der Waals surface area contributed by atoms with Crippen molar-refractivity contribution < 1.29 is 0 Å². The van der Waals surface area contributed by atoms with E-state index in [2.05, 4.69) is 44.2 Å². The Kier molecular flexibility index (Phi) is 2.57. The molecule has 15 heavy (non-hydrogen) atoms. The lowest BCUT2D eigenvalue weighted by Crippen LogP contribution is -2.15. The number of rotatable bonds is 3. The maximum absolute atomic E-state index is 4.24. The Balaban J connectivity index is 2.01. The molecular formula is C12H21N3. The third-order valence-electron chi connectivity index (χ3n) is 2.88. The molecule has 0 radical (unpaired) electrons. The second-order valence-electron chi connectivity index (χ2n) is 6.01. The van der Waals surface area contributed by atoms with E-state index in [1.807, 2.05) is 4.68 Å². The number of hydrogen-bond acceptors (Lipinski definition) is 2. The molecule has 1 aromatic rings. The third-order valence-corrected chi connectivity index (χ3v) is 2.88. The van der Waals surface area contributed by atoms with Crippen molar-refractivity contribution in [2.45, 2.75) is 58.9 Å². The van der Waals surface area contributed by atoms with E-state index in [1.165, 1.54) is 18.5 Å². The summed E-state index contributed by atoms with van der Waals surface area (Å²) in [5.41, 5.74) is 1.54. The molecular weight excluding hydrogens is 186 g/mol. The van der Waals surface area contributed by atoms with Crippen LogP contribution in [0.4, 0.5) is 0 Å². The van der Waals surface area contributed by atoms with Gasteiger partial charge >= 0.3 is 0 Å². The van der Waals surface area contributed by atoms with Crippen molar-refractivity contribution in [1.29, 1.82) is 0 Å². The molecule has 2 rings (SSSR count). The number of aromatic nitrogens is 3. The lowest BCUT2D eigenvalue weighted by atomic mass is 9.89. The maximum atomic E-state index is 4.24. The molecule has 1 unspecified atom stereocenters. The molecule has 0 spiro atoms. The van der Waals surface area contributed by atoms with Crippen LogP contribution in [0.1, 0.15) is 64.6 Å². The van der Waals surface area contributed by atoms with Crippen LogP contribution in [0.25, 0.3) is 0 Å². The molecule has 3 nitrogen and oxygen atoms in total. The zero-order valence-electron chi connectivity index (χ0n) is 10.2. The molecule has 1 heterocycles. The summed E-state index contributed by atoms with van der Waals surface area (Å²) in [4.78, 5) is 0. The molecule has 1 aromatic heterocycles. The second-order valence-corrected chi connectivity index (χ2v) is 6.01. The topological polar surface area (TPSA) is 30.7 Å². The van der Waals surface area contributed by atoms with Crippen LogP contribution in [-0.4, -0.2) is 15.0 Å². The maximum Gasteiger partial charge on any atom is 0.0858 e. The summed E-state index contributed by atoms with van der Waals surface area (Å²) in [6, 6.07) is 0.449. The first-order valence-corrected chi connectivity index (χ1v) is 5.87. The highest BCUT2D eigenvalue weighted by atomic mass is 15.4. The van der Waals surface area contributed by atoms with Gasteiger partial charge in [0.05, 0.1) is 11.7 Å². The molecule has 0 amide bonds. The van der Waals surface area contributed by atoms with Crippen LogP contribution in [0.5, 0.6) is 0 Å². The van der Waals surface area contributed by atoms with E-state index in [9.17, 15) is 0 Å². The summed E-state index contributed by atoms with van der Waals surface area (Å²) in [5, 5.41) is 8.47. The monoisotopic (exact) mass is 207 g/mol. The Morgan fingerprint density at radius 1 is 1.47 bits per heavy atom. The van der Waals surface area contributed by atoms with Gasteiger partial charge in [-0.3, -0.25) is 0 Å². The molecule has 0 aliphatic heterocycles. The third kappa shape index (κ3) is 2.80. The highest BCUT2D eigenvalue weighted by molar-refractivity contribution is 5.09. The zero-order chi connectivity index (χ0) is 11.1. The molecule has 0 N–H and O–H groups in total. The average Bonchev–Trinajstić information content (AvgIpc) is 2.81. The van der Waals surface area contributed by atoms with E-state index in [4.69, 9.17) is 0 Å². The van der Waals surface area contributed by atoms with Gasteiger partial charge in [-0.2, -0.15) is 0 Å². The quantitative estimate of drug-likeness (QED) is 0.762. The van der Waals surface area contributed by atoms with E-state index >= 15 is 0 Å². The fourth-order valence-electron chi connectivity index (χ4n) is 2.05. The highest BCUT2D eigenvalue weighted by Crippen LogP contribution is 2.39. The lowest BCUT2D eigenvalue weighted by Gasteiger charge is -2.22. The van der Waals surface area contributed by atoms with Crippen LogP contribution < -0.4 is 0 Å². The Labute approximate surface area is 91.9 Å². The van der Waals surface area contributed by atoms with Crippen molar-refractivity contribution >= 4 is 0 Å². The van der Waals surface area contributed by atoms with Gasteiger partial charge in [0.1, 0.15) is 0 Å². The first kappa shape index (κ1) is 10.7. The normalized spacial score (nSPS) is 19.2. The number of hydrogen-bond donors (Lipinski definition) is 0. The van der Waals surface area contributed by atoms with Gasteiger partial charge in [0.15, 0.2) is 0 Å². The molecule has 1 aliphatic carbocycles. The molecule has 1 fully saturated rings. The zero-order valence-corrected chi connectivity index (χ0v) is 10.2. The van der Waals surface area contributed by atoms with Gasteiger partial charge in [-0.25, -0.2) is 4.68 Å². The van der Waals surface area contributed by atoms with E-state index in [0.717, 1.165) is 6.42 Å². The molecule has 0 bridgehead atoms. The minimum absolute atomic E-state index is 0.352. The fourth-order valence-corrected chi connectivity index (χ4v) is 2.05. The van der Waals surface area contributed by atoms with Gasteiger partial charge < -0.3 is 0 Å². The molecule has 1 saturated carbocycles. The van der Waals surface area contributed by atoms with Crippen molar-refractivity contribution in [2.24, 2.45) is 5.41 Å². The first-order chi connectivity index (χ1) is 6.96. The van der Waals surface area contributed by atoms with Crippen LogP contribution in [0.3, 0.4) is 0 Å². The standard InChI is InChI=1S/C12H21N3/c1-9(7-12(2,3)4)15-8-11(13-14-15)10-5-6-10/h8-10H,5-7H2,1-4H3. The molecule has 0 aromatic carbocycles. The Bertz CT molecular complexity index is 331. The lowest BCUT2D eigenvalue weighted by molar-refractivity contribution is 0.290. The van der Waals surface area contributed by atoms with E-state index in [-0.39, 0.29) is 0 Å². The first-order valence-electron chi connectivity index (χ1n) is 5.87. The summed E-state index contributed by atoms with van der Waals surface area (Å²) >= 11 is 0.